The molecule has 1 aromatic heterocycles. The van der Waals surface area contributed by atoms with E-state index in [2.05, 4.69) is 5.32 Å². The van der Waals surface area contributed by atoms with Crippen LogP contribution < -0.4 is 5.32 Å². The van der Waals surface area contributed by atoms with Gasteiger partial charge >= 0.3 is 6.09 Å². The smallest absolute Gasteiger partial charge is 0.411 e. The summed E-state index contributed by atoms with van der Waals surface area (Å²) < 4.78 is 5.48. The molecule has 6 heteroatoms. The van der Waals surface area contributed by atoms with Gasteiger partial charge in [0, 0.05) is 17.0 Å². The Bertz CT molecular complexity index is 780. The van der Waals surface area contributed by atoms with Crippen molar-refractivity contribution in [3.63, 3.8) is 0 Å². The lowest BCUT2D eigenvalue weighted by Crippen LogP contribution is -2.51. The van der Waals surface area contributed by atoms with E-state index < -0.39 is 12.1 Å². The summed E-state index contributed by atoms with van der Waals surface area (Å²) in [6.45, 7) is 6.46. The van der Waals surface area contributed by atoms with Crippen molar-refractivity contribution in [3.8, 4) is 0 Å². The summed E-state index contributed by atoms with van der Waals surface area (Å²) in [7, 11) is 0. The summed E-state index contributed by atoms with van der Waals surface area (Å²) in [6, 6.07) is 10.8. The third-order valence-electron chi connectivity index (χ3n) is 4.15. The SMILES string of the molecule is CC(C)(C)NC(=O)C1c2ccsc2CCN1C(=O)OCc1ccccc1. The van der Waals surface area contributed by atoms with Crippen LogP contribution in [-0.4, -0.2) is 29.0 Å². The minimum absolute atomic E-state index is 0.173. The molecule has 1 aliphatic heterocycles. The number of hydrogen-bond donors (Lipinski definition) is 1. The lowest BCUT2D eigenvalue weighted by Gasteiger charge is -2.35. The molecule has 0 spiro atoms. The molecular weight excluding hydrogens is 348 g/mol. The molecule has 138 valence electrons. The van der Waals surface area contributed by atoms with Gasteiger partial charge in [0.1, 0.15) is 12.6 Å². The van der Waals surface area contributed by atoms with Crippen molar-refractivity contribution in [2.45, 2.75) is 45.4 Å². The third kappa shape index (κ3) is 4.25. The lowest BCUT2D eigenvalue weighted by atomic mass is 9.98. The Labute approximate surface area is 158 Å². The van der Waals surface area contributed by atoms with E-state index in [9.17, 15) is 9.59 Å². The molecule has 0 radical (unpaired) electrons. The van der Waals surface area contributed by atoms with E-state index in [0.717, 1.165) is 22.4 Å². The van der Waals surface area contributed by atoms with Crippen LogP contribution in [0.1, 0.15) is 42.8 Å². The molecule has 2 aromatic rings. The number of fused-ring (bicyclic) bond motifs is 1. The van der Waals surface area contributed by atoms with Crippen LogP contribution in [0.2, 0.25) is 0 Å². The Morgan fingerprint density at radius 2 is 1.96 bits per heavy atom. The molecule has 1 aliphatic rings. The predicted octanol–water partition coefficient (Wildman–Crippen LogP) is 3.90. The molecule has 1 aromatic carbocycles. The maximum Gasteiger partial charge on any atom is 0.411 e. The first-order valence-corrected chi connectivity index (χ1v) is 9.59. The van der Waals surface area contributed by atoms with Gasteiger partial charge in [-0.15, -0.1) is 11.3 Å². The molecule has 0 aliphatic carbocycles. The highest BCUT2D eigenvalue weighted by atomic mass is 32.1. The summed E-state index contributed by atoms with van der Waals surface area (Å²) in [4.78, 5) is 28.3. The van der Waals surface area contributed by atoms with Gasteiger partial charge in [0.15, 0.2) is 0 Å². The van der Waals surface area contributed by atoms with Gasteiger partial charge in [0.25, 0.3) is 0 Å². The summed E-state index contributed by atoms with van der Waals surface area (Å²) in [5.74, 6) is -0.173. The summed E-state index contributed by atoms with van der Waals surface area (Å²) in [6.07, 6.45) is 0.284. The Hall–Kier alpha value is -2.34. The fourth-order valence-electron chi connectivity index (χ4n) is 3.04. The molecule has 2 amide bonds. The number of carbonyl (C=O) groups is 2. The monoisotopic (exact) mass is 372 g/mol. The Kier molecular flexibility index (Phi) is 5.32. The minimum atomic E-state index is -0.646. The zero-order chi connectivity index (χ0) is 18.7. The van der Waals surface area contributed by atoms with E-state index in [1.165, 1.54) is 0 Å². The molecule has 0 bridgehead atoms. The molecule has 1 unspecified atom stereocenters. The highest BCUT2D eigenvalue weighted by molar-refractivity contribution is 7.10. The Morgan fingerprint density at radius 3 is 2.65 bits per heavy atom. The van der Waals surface area contributed by atoms with Crippen LogP contribution in [0.15, 0.2) is 41.8 Å². The molecule has 0 fully saturated rings. The highest BCUT2D eigenvalue weighted by Gasteiger charge is 2.38. The predicted molar refractivity (Wildman–Crippen MR) is 102 cm³/mol. The summed E-state index contributed by atoms with van der Waals surface area (Å²) >= 11 is 1.63. The quantitative estimate of drug-likeness (QED) is 0.889. The van der Waals surface area contributed by atoms with Crippen molar-refractivity contribution in [2.24, 2.45) is 0 Å². The lowest BCUT2D eigenvalue weighted by molar-refractivity contribution is -0.128. The summed E-state index contributed by atoms with van der Waals surface area (Å²) in [5, 5.41) is 4.97. The largest absolute Gasteiger partial charge is 0.445 e. The number of hydrogen-bond acceptors (Lipinski definition) is 4. The van der Waals surface area contributed by atoms with Crippen LogP contribution in [-0.2, 0) is 22.6 Å². The molecule has 3 rings (SSSR count). The minimum Gasteiger partial charge on any atom is -0.445 e. The molecular formula is C20H24N2O3S. The zero-order valence-electron chi connectivity index (χ0n) is 15.3. The van der Waals surface area contributed by atoms with Gasteiger partial charge in [0.2, 0.25) is 5.91 Å². The normalized spacial score (nSPS) is 16.7. The van der Waals surface area contributed by atoms with Gasteiger partial charge in [0.05, 0.1) is 0 Å². The van der Waals surface area contributed by atoms with Crippen LogP contribution in [0.4, 0.5) is 4.79 Å². The molecule has 0 saturated carbocycles. The molecule has 1 N–H and O–H groups in total. The van der Waals surface area contributed by atoms with E-state index in [0.29, 0.717) is 6.54 Å². The van der Waals surface area contributed by atoms with Crippen LogP contribution in [0, 0.1) is 0 Å². The van der Waals surface area contributed by atoms with Crippen molar-refractivity contribution in [2.75, 3.05) is 6.54 Å². The van der Waals surface area contributed by atoms with Crippen LogP contribution in [0.3, 0.4) is 0 Å². The first kappa shape index (κ1) is 18.5. The topological polar surface area (TPSA) is 58.6 Å². The third-order valence-corrected chi connectivity index (χ3v) is 5.15. The number of carbonyl (C=O) groups excluding carboxylic acids is 2. The number of nitrogens with zero attached hydrogens (tertiary/aromatic N) is 1. The maximum atomic E-state index is 12.9. The fraction of sp³-hybridized carbons (Fsp3) is 0.400. The highest BCUT2D eigenvalue weighted by Crippen LogP contribution is 2.34. The van der Waals surface area contributed by atoms with E-state index in [4.69, 9.17) is 4.74 Å². The summed E-state index contributed by atoms with van der Waals surface area (Å²) in [5.41, 5.74) is 1.45. The van der Waals surface area contributed by atoms with E-state index in [1.807, 2.05) is 62.5 Å². The van der Waals surface area contributed by atoms with Crippen molar-refractivity contribution in [1.82, 2.24) is 10.2 Å². The van der Waals surface area contributed by atoms with Gasteiger partial charge in [-0.2, -0.15) is 0 Å². The van der Waals surface area contributed by atoms with E-state index in [-0.39, 0.29) is 18.1 Å². The number of ether oxygens (including phenoxy) is 1. The molecule has 0 saturated heterocycles. The Morgan fingerprint density at radius 1 is 1.23 bits per heavy atom. The first-order valence-electron chi connectivity index (χ1n) is 8.71. The second kappa shape index (κ2) is 7.50. The molecule has 5 nitrogen and oxygen atoms in total. The first-order chi connectivity index (χ1) is 12.3. The second-order valence-electron chi connectivity index (χ2n) is 7.42. The van der Waals surface area contributed by atoms with E-state index >= 15 is 0 Å². The van der Waals surface area contributed by atoms with Crippen molar-refractivity contribution in [3.05, 3.63) is 57.8 Å². The number of nitrogens with one attached hydrogen (secondary N) is 1. The average Bonchev–Trinajstić information content (AvgIpc) is 3.06. The number of amides is 2. The van der Waals surface area contributed by atoms with Crippen molar-refractivity contribution < 1.29 is 14.3 Å². The van der Waals surface area contributed by atoms with Gasteiger partial charge in [-0.3, -0.25) is 9.69 Å². The maximum absolute atomic E-state index is 12.9. The zero-order valence-corrected chi connectivity index (χ0v) is 16.1. The Balaban J connectivity index is 1.78. The van der Waals surface area contributed by atoms with Gasteiger partial charge in [-0.1, -0.05) is 30.3 Å². The van der Waals surface area contributed by atoms with Crippen molar-refractivity contribution >= 4 is 23.3 Å². The number of benzene rings is 1. The van der Waals surface area contributed by atoms with Gasteiger partial charge in [-0.25, -0.2) is 4.79 Å². The van der Waals surface area contributed by atoms with Crippen LogP contribution in [0.5, 0.6) is 0 Å². The van der Waals surface area contributed by atoms with Gasteiger partial charge < -0.3 is 10.1 Å². The molecule has 26 heavy (non-hydrogen) atoms. The van der Waals surface area contributed by atoms with Crippen LogP contribution in [0.25, 0.3) is 0 Å². The van der Waals surface area contributed by atoms with Crippen molar-refractivity contribution in [1.29, 1.82) is 0 Å². The number of thiophene rings is 1. The van der Waals surface area contributed by atoms with E-state index in [1.54, 1.807) is 16.2 Å². The average molecular weight is 372 g/mol. The fourth-order valence-corrected chi connectivity index (χ4v) is 3.94. The molecule has 1 atom stereocenters. The number of rotatable bonds is 3. The van der Waals surface area contributed by atoms with Crippen LogP contribution >= 0.6 is 11.3 Å². The van der Waals surface area contributed by atoms with Gasteiger partial charge in [-0.05, 0) is 49.8 Å². The second-order valence-corrected chi connectivity index (χ2v) is 8.43. The standard InChI is InChI=1S/C20H24N2O3S/c1-20(2,3)21-18(23)17-15-10-12-26-16(15)9-11-22(17)19(24)25-13-14-7-5-4-6-8-14/h4-8,10,12,17H,9,11,13H2,1-3H3,(H,21,23). The molecule has 2 heterocycles.